The van der Waals surface area contributed by atoms with Gasteiger partial charge < -0.3 is 15.0 Å². The fourth-order valence-electron chi connectivity index (χ4n) is 5.62. The predicted octanol–water partition coefficient (Wildman–Crippen LogP) is 7.05. The number of amides is 1. The van der Waals surface area contributed by atoms with E-state index in [1.165, 1.54) is 0 Å². The topological polar surface area (TPSA) is 87.7 Å². The highest BCUT2D eigenvalue weighted by molar-refractivity contribution is 7.92. The average molecular weight is 648 g/mol. The van der Waals surface area contributed by atoms with Crippen LogP contribution in [0.2, 0.25) is 5.02 Å². The predicted molar refractivity (Wildman–Crippen MR) is 169 cm³/mol. The van der Waals surface area contributed by atoms with Crippen molar-refractivity contribution in [3.8, 4) is 16.9 Å². The van der Waals surface area contributed by atoms with E-state index in [-0.39, 0.29) is 38.5 Å². The molecule has 0 spiro atoms. The molecule has 0 radical (unpaired) electrons. The van der Waals surface area contributed by atoms with Gasteiger partial charge in [-0.05, 0) is 80.3 Å². The van der Waals surface area contributed by atoms with E-state index < -0.39 is 21.7 Å². The highest BCUT2D eigenvalue weighted by atomic mass is 35.5. The second-order valence-corrected chi connectivity index (χ2v) is 13.8. The zero-order valence-electron chi connectivity index (χ0n) is 23.9. The number of fused-ring (bicyclic) bond motifs is 1. The largest absolute Gasteiger partial charge is 0.496 e. The Morgan fingerprint density at radius 3 is 2.28 bits per heavy atom. The Morgan fingerprint density at radius 2 is 1.67 bits per heavy atom. The molecule has 3 aromatic carbocycles. The number of carbonyl (C=O) groups excluding carboxylic acids is 1. The van der Waals surface area contributed by atoms with Gasteiger partial charge >= 0.3 is 0 Å². The molecular weight excluding hydrogens is 616 g/mol. The van der Waals surface area contributed by atoms with Gasteiger partial charge in [-0.25, -0.2) is 17.2 Å². The second kappa shape index (κ2) is 12.8. The Kier molecular flexibility index (Phi) is 9.26. The lowest BCUT2D eigenvalue weighted by atomic mass is 9.89. The molecule has 43 heavy (non-hydrogen) atoms. The van der Waals surface area contributed by atoms with E-state index in [4.69, 9.17) is 16.3 Å². The number of halogens is 3. The number of rotatable bonds is 9. The van der Waals surface area contributed by atoms with Gasteiger partial charge in [0.1, 0.15) is 22.3 Å². The summed E-state index contributed by atoms with van der Waals surface area (Å²) in [6, 6.07) is 14.9. The van der Waals surface area contributed by atoms with Crippen LogP contribution in [0.15, 0.2) is 54.6 Å². The first kappa shape index (κ1) is 31.2. The van der Waals surface area contributed by atoms with Gasteiger partial charge in [0, 0.05) is 29.9 Å². The number of hydrogen-bond acceptors (Lipinski definition) is 6. The van der Waals surface area contributed by atoms with Gasteiger partial charge in [-0.2, -0.15) is 0 Å². The summed E-state index contributed by atoms with van der Waals surface area (Å²) in [6.07, 6.45) is 4.34. The van der Waals surface area contributed by atoms with Crippen molar-refractivity contribution in [1.29, 1.82) is 0 Å². The Labute approximate surface area is 258 Å². The number of thiophene rings is 1. The van der Waals surface area contributed by atoms with Crippen molar-refractivity contribution in [2.45, 2.75) is 44.3 Å². The SMILES string of the molecule is CN[C@H]1CC[C@H](N(Cc2cc(-c3ccc(NS(C)(=O)=O)cc3)ccc2OC)C(=O)c2sc3c(F)ccc(F)c3c2Cl)CC1. The summed E-state index contributed by atoms with van der Waals surface area (Å²) in [5, 5.41) is 3.14. The van der Waals surface area contributed by atoms with Gasteiger partial charge in [0.05, 0.1) is 28.5 Å². The van der Waals surface area contributed by atoms with Gasteiger partial charge in [-0.3, -0.25) is 9.52 Å². The quantitative estimate of drug-likeness (QED) is 0.203. The lowest BCUT2D eigenvalue weighted by Gasteiger charge is -2.37. The molecule has 4 aromatic rings. The van der Waals surface area contributed by atoms with Crippen LogP contribution in [0, 0.1) is 11.6 Å². The molecule has 1 heterocycles. The number of sulfonamides is 1. The third-order valence-electron chi connectivity index (χ3n) is 7.83. The van der Waals surface area contributed by atoms with E-state index in [0.29, 0.717) is 17.5 Å². The van der Waals surface area contributed by atoms with Gasteiger partial charge in [0.25, 0.3) is 5.91 Å². The van der Waals surface area contributed by atoms with Crippen molar-refractivity contribution in [3.63, 3.8) is 0 Å². The van der Waals surface area contributed by atoms with Crippen LogP contribution in [0.1, 0.15) is 40.9 Å². The molecule has 1 aliphatic carbocycles. The van der Waals surface area contributed by atoms with E-state index in [0.717, 1.165) is 72.1 Å². The van der Waals surface area contributed by atoms with E-state index in [1.54, 1.807) is 36.3 Å². The fraction of sp³-hybridized carbons (Fsp3) is 0.323. The van der Waals surface area contributed by atoms with Gasteiger partial charge in [-0.1, -0.05) is 29.8 Å². The summed E-state index contributed by atoms with van der Waals surface area (Å²) in [4.78, 5) is 16.1. The number of carbonyl (C=O) groups is 1. The van der Waals surface area contributed by atoms with Crippen LogP contribution in [0.25, 0.3) is 21.2 Å². The molecule has 0 unspecified atom stereocenters. The molecule has 0 aliphatic heterocycles. The first-order valence-electron chi connectivity index (χ1n) is 13.8. The molecular formula is C31H32ClF2N3O4S2. The lowest BCUT2D eigenvalue weighted by molar-refractivity contribution is 0.0604. The summed E-state index contributed by atoms with van der Waals surface area (Å²) in [5.41, 5.74) is 2.88. The van der Waals surface area contributed by atoms with Crippen molar-refractivity contribution >= 4 is 54.6 Å². The van der Waals surface area contributed by atoms with Gasteiger partial charge in [-0.15, -0.1) is 11.3 Å². The third-order valence-corrected chi connectivity index (χ3v) is 10.1. The zero-order chi connectivity index (χ0) is 30.9. The van der Waals surface area contributed by atoms with Crippen molar-refractivity contribution in [2.75, 3.05) is 25.1 Å². The van der Waals surface area contributed by atoms with Crippen LogP contribution in [0.5, 0.6) is 5.75 Å². The van der Waals surface area contributed by atoms with Crippen molar-refractivity contribution in [2.24, 2.45) is 0 Å². The number of nitrogens with zero attached hydrogens (tertiary/aromatic N) is 1. The normalized spacial score (nSPS) is 17.2. The smallest absolute Gasteiger partial charge is 0.266 e. The van der Waals surface area contributed by atoms with E-state index in [2.05, 4.69) is 10.0 Å². The summed E-state index contributed by atoms with van der Waals surface area (Å²) in [7, 11) is 0.0773. The van der Waals surface area contributed by atoms with Crippen LogP contribution in [0.3, 0.4) is 0 Å². The van der Waals surface area contributed by atoms with Crippen molar-refractivity contribution < 1.29 is 26.7 Å². The van der Waals surface area contributed by atoms with Crippen LogP contribution in [-0.4, -0.2) is 51.7 Å². The number of ether oxygens (including phenoxy) is 1. The molecule has 1 amide bonds. The van der Waals surface area contributed by atoms with Crippen LogP contribution in [-0.2, 0) is 16.6 Å². The minimum Gasteiger partial charge on any atom is -0.496 e. The maximum Gasteiger partial charge on any atom is 0.266 e. The van der Waals surface area contributed by atoms with Crippen molar-refractivity contribution in [3.05, 3.63) is 81.7 Å². The Balaban J connectivity index is 1.52. The highest BCUT2D eigenvalue weighted by Crippen LogP contribution is 2.40. The van der Waals surface area contributed by atoms with Crippen LogP contribution in [0.4, 0.5) is 14.5 Å². The maximum atomic E-state index is 14.7. The average Bonchev–Trinajstić information content (AvgIpc) is 3.35. The molecule has 1 aliphatic rings. The Hall–Kier alpha value is -3.25. The van der Waals surface area contributed by atoms with E-state index in [9.17, 15) is 22.0 Å². The van der Waals surface area contributed by atoms with Crippen molar-refractivity contribution in [1.82, 2.24) is 10.2 Å². The summed E-state index contributed by atoms with van der Waals surface area (Å²) < 4.78 is 60.6. The number of hydrogen-bond donors (Lipinski definition) is 2. The molecule has 0 saturated heterocycles. The molecule has 2 N–H and O–H groups in total. The molecule has 1 saturated carbocycles. The lowest BCUT2D eigenvalue weighted by Crippen LogP contribution is -2.44. The maximum absolute atomic E-state index is 14.7. The van der Waals surface area contributed by atoms with Crippen LogP contribution >= 0.6 is 22.9 Å². The molecule has 5 rings (SSSR count). The summed E-state index contributed by atoms with van der Waals surface area (Å²) in [6.45, 7) is 0.188. The Bertz CT molecular complexity index is 1760. The monoisotopic (exact) mass is 647 g/mol. The second-order valence-electron chi connectivity index (χ2n) is 10.7. The molecule has 0 bridgehead atoms. The number of nitrogens with one attached hydrogen (secondary N) is 2. The molecule has 0 atom stereocenters. The summed E-state index contributed by atoms with van der Waals surface area (Å²) >= 11 is 7.42. The summed E-state index contributed by atoms with van der Waals surface area (Å²) in [5.74, 6) is -1.11. The third kappa shape index (κ3) is 6.80. The molecule has 1 fully saturated rings. The van der Waals surface area contributed by atoms with E-state index in [1.807, 2.05) is 25.2 Å². The standard InChI is InChI=1S/C31H32ClF2N3O4S2/c1-35-21-9-11-23(12-10-21)37(31(38)30-28(32)27-24(33)13-14-25(34)29(27)42-30)17-20-16-19(6-15-26(20)41-2)18-4-7-22(8-5-18)36-43(3,39)40/h4-8,13-16,21,23,35-36H,9-12,17H2,1-3H3/t21-,23-. The first-order valence-corrected chi connectivity index (χ1v) is 16.9. The van der Waals surface area contributed by atoms with Gasteiger partial charge in [0.15, 0.2) is 0 Å². The first-order chi connectivity index (χ1) is 20.5. The molecule has 1 aromatic heterocycles. The number of anilines is 1. The molecule has 228 valence electrons. The minimum absolute atomic E-state index is 0.0144. The highest BCUT2D eigenvalue weighted by Gasteiger charge is 2.33. The Morgan fingerprint density at radius 1 is 1.02 bits per heavy atom. The number of benzene rings is 3. The molecule has 7 nitrogen and oxygen atoms in total. The minimum atomic E-state index is -3.41. The zero-order valence-corrected chi connectivity index (χ0v) is 26.3. The fourth-order valence-corrected chi connectivity index (χ4v) is 7.69. The van der Waals surface area contributed by atoms with E-state index >= 15 is 0 Å². The van der Waals surface area contributed by atoms with Gasteiger partial charge in [0.2, 0.25) is 10.0 Å². The molecule has 12 heteroatoms. The number of methoxy groups -OCH3 is 1. The van der Waals surface area contributed by atoms with Crippen LogP contribution < -0.4 is 14.8 Å².